The van der Waals surface area contributed by atoms with Crippen molar-refractivity contribution >= 4 is 5.91 Å². The number of aryl methyl sites for hydroxylation is 2. The SMILES string of the molecule is Cc1nccc([C@@H]2CCCN(C(=O)c3ccc(C)n(C)c3=O)C2)n1. The van der Waals surface area contributed by atoms with Gasteiger partial charge >= 0.3 is 0 Å². The van der Waals surface area contributed by atoms with Crippen LogP contribution in [0.25, 0.3) is 0 Å². The number of aromatic nitrogens is 3. The third kappa shape index (κ3) is 3.09. The van der Waals surface area contributed by atoms with E-state index in [1.807, 2.05) is 26.0 Å². The Balaban J connectivity index is 1.83. The maximum atomic E-state index is 12.8. The summed E-state index contributed by atoms with van der Waals surface area (Å²) < 4.78 is 1.52. The molecule has 6 nitrogen and oxygen atoms in total. The molecule has 1 fully saturated rings. The molecular formula is C18H22N4O2. The summed E-state index contributed by atoms with van der Waals surface area (Å²) in [6.45, 7) is 4.98. The van der Waals surface area contributed by atoms with Gasteiger partial charge in [-0.15, -0.1) is 0 Å². The fourth-order valence-electron chi connectivity index (χ4n) is 3.17. The number of carbonyl (C=O) groups excluding carboxylic acids is 1. The lowest BCUT2D eigenvalue weighted by Gasteiger charge is -2.32. The van der Waals surface area contributed by atoms with Crippen molar-refractivity contribution in [2.24, 2.45) is 7.05 Å². The van der Waals surface area contributed by atoms with E-state index >= 15 is 0 Å². The van der Waals surface area contributed by atoms with E-state index in [0.717, 1.165) is 30.1 Å². The first kappa shape index (κ1) is 16.4. The highest BCUT2D eigenvalue weighted by Crippen LogP contribution is 2.26. The van der Waals surface area contributed by atoms with Crippen LogP contribution in [0.15, 0.2) is 29.2 Å². The molecule has 2 aromatic rings. The summed E-state index contributed by atoms with van der Waals surface area (Å²) in [6, 6.07) is 5.36. The zero-order valence-electron chi connectivity index (χ0n) is 14.3. The van der Waals surface area contributed by atoms with Crippen LogP contribution >= 0.6 is 0 Å². The first-order valence-electron chi connectivity index (χ1n) is 8.23. The smallest absolute Gasteiger partial charge is 0.263 e. The Morgan fingerprint density at radius 3 is 2.79 bits per heavy atom. The molecule has 126 valence electrons. The van der Waals surface area contributed by atoms with E-state index in [-0.39, 0.29) is 22.9 Å². The van der Waals surface area contributed by atoms with Crippen molar-refractivity contribution in [3.8, 4) is 0 Å². The number of hydrogen-bond donors (Lipinski definition) is 0. The lowest BCUT2D eigenvalue weighted by molar-refractivity contribution is 0.0703. The Morgan fingerprint density at radius 2 is 2.04 bits per heavy atom. The predicted molar refractivity (Wildman–Crippen MR) is 91.1 cm³/mol. The third-order valence-corrected chi connectivity index (χ3v) is 4.71. The maximum absolute atomic E-state index is 12.8. The molecule has 3 heterocycles. The van der Waals surface area contributed by atoms with Gasteiger partial charge in [-0.1, -0.05) is 0 Å². The molecule has 1 saturated heterocycles. The molecule has 1 atom stereocenters. The Hall–Kier alpha value is -2.50. The van der Waals surface area contributed by atoms with Crippen LogP contribution in [0, 0.1) is 13.8 Å². The van der Waals surface area contributed by atoms with Gasteiger partial charge in [-0.2, -0.15) is 0 Å². The zero-order valence-corrected chi connectivity index (χ0v) is 14.3. The van der Waals surface area contributed by atoms with Gasteiger partial charge in [0, 0.05) is 43.6 Å². The minimum atomic E-state index is -0.236. The maximum Gasteiger partial charge on any atom is 0.263 e. The molecule has 1 amide bonds. The van der Waals surface area contributed by atoms with E-state index in [2.05, 4.69) is 9.97 Å². The van der Waals surface area contributed by atoms with Crippen molar-refractivity contribution in [1.82, 2.24) is 19.4 Å². The van der Waals surface area contributed by atoms with Crippen molar-refractivity contribution in [2.75, 3.05) is 13.1 Å². The van der Waals surface area contributed by atoms with Crippen molar-refractivity contribution in [1.29, 1.82) is 0 Å². The van der Waals surface area contributed by atoms with Crippen LogP contribution in [0.4, 0.5) is 0 Å². The van der Waals surface area contributed by atoms with E-state index in [1.165, 1.54) is 4.57 Å². The molecule has 0 aromatic carbocycles. The van der Waals surface area contributed by atoms with Crippen molar-refractivity contribution in [2.45, 2.75) is 32.6 Å². The van der Waals surface area contributed by atoms with Crippen LogP contribution in [-0.4, -0.2) is 38.4 Å². The lowest BCUT2D eigenvalue weighted by Crippen LogP contribution is -2.42. The van der Waals surface area contributed by atoms with Gasteiger partial charge in [-0.25, -0.2) is 9.97 Å². The van der Waals surface area contributed by atoms with Gasteiger partial charge in [0.25, 0.3) is 11.5 Å². The third-order valence-electron chi connectivity index (χ3n) is 4.71. The lowest BCUT2D eigenvalue weighted by atomic mass is 9.94. The second-order valence-corrected chi connectivity index (χ2v) is 6.37. The monoisotopic (exact) mass is 326 g/mol. The second kappa shape index (κ2) is 6.55. The first-order valence-corrected chi connectivity index (χ1v) is 8.23. The van der Waals surface area contributed by atoms with Gasteiger partial charge in [-0.05, 0) is 44.9 Å². The standard InChI is InChI=1S/C18H22N4O2/c1-12-6-7-15(17(23)21(12)3)18(24)22-10-4-5-14(11-22)16-8-9-19-13(2)20-16/h6-9,14H,4-5,10-11H2,1-3H3/t14-/m1/s1. The molecule has 6 heteroatoms. The Labute approximate surface area is 141 Å². The van der Waals surface area contributed by atoms with Gasteiger partial charge in [0.15, 0.2) is 0 Å². The van der Waals surface area contributed by atoms with Gasteiger partial charge in [0.1, 0.15) is 11.4 Å². The summed E-state index contributed by atoms with van der Waals surface area (Å²) in [5, 5.41) is 0. The Morgan fingerprint density at radius 1 is 1.25 bits per heavy atom. The van der Waals surface area contributed by atoms with Crippen LogP contribution in [0.1, 0.15) is 46.3 Å². The number of pyridine rings is 1. The number of amides is 1. The molecule has 3 rings (SSSR count). The minimum absolute atomic E-state index is 0.189. The second-order valence-electron chi connectivity index (χ2n) is 6.37. The number of hydrogen-bond acceptors (Lipinski definition) is 4. The van der Waals surface area contributed by atoms with E-state index in [9.17, 15) is 9.59 Å². The summed E-state index contributed by atoms with van der Waals surface area (Å²) in [5.74, 6) is 0.744. The highest BCUT2D eigenvalue weighted by atomic mass is 16.2. The number of carbonyl (C=O) groups is 1. The molecule has 0 spiro atoms. The van der Waals surface area contributed by atoms with Crippen molar-refractivity contribution < 1.29 is 4.79 Å². The van der Waals surface area contributed by atoms with Crippen molar-refractivity contribution in [3.05, 3.63) is 57.5 Å². The Kier molecular flexibility index (Phi) is 4.46. The number of likely N-dealkylation sites (tertiary alicyclic amines) is 1. The molecule has 1 aliphatic heterocycles. The van der Waals surface area contributed by atoms with Crippen LogP contribution in [0.3, 0.4) is 0 Å². The fraction of sp³-hybridized carbons (Fsp3) is 0.444. The molecule has 2 aromatic heterocycles. The normalized spacial score (nSPS) is 17.8. The number of piperidine rings is 1. The predicted octanol–water partition coefficient (Wildman–Crippen LogP) is 1.81. The molecule has 0 aliphatic carbocycles. The van der Waals surface area contributed by atoms with Gasteiger partial charge < -0.3 is 9.47 Å². The average Bonchev–Trinajstić information content (AvgIpc) is 2.59. The molecule has 0 radical (unpaired) electrons. The minimum Gasteiger partial charge on any atom is -0.338 e. The van der Waals surface area contributed by atoms with E-state index in [4.69, 9.17) is 0 Å². The van der Waals surface area contributed by atoms with Crippen LogP contribution in [0.5, 0.6) is 0 Å². The van der Waals surface area contributed by atoms with Crippen molar-refractivity contribution in [3.63, 3.8) is 0 Å². The number of nitrogens with zero attached hydrogens (tertiary/aromatic N) is 4. The average molecular weight is 326 g/mol. The largest absolute Gasteiger partial charge is 0.338 e. The fourth-order valence-corrected chi connectivity index (χ4v) is 3.17. The summed E-state index contributed by atoms with van der Waals surface area (Å²) in [5.41, 5.74) is 1.81. The molecule has 0 unspecified atom stereocenters. The number of rotatable bonds is 2. The van der Waals surface area contributed by atoms with Crippen LogP contribution < -0.4 is 5.56 Å². The summed E-state index contributed by atoms with van der Waals surface area (Å²) in [4.78, 5) is 35.6. The van der Waals surface area contributed by atoms with E-state index in [0.29, 0.717) is 13.1 Å². The van der Waals surface area contributed by atoms with E-state index < -0.39 is 0 Å². The quantitative estimate of drug-likeness (QED) is 0.844. The summed E-state index contributed by atoms with van der Waals surface area (Å²) >= 11 is 0. The molecule has 0 saturated carbocycles. The van der Waals surface area contributed by atoms with Crippen LogP contribution in [-0.2, 0) is 7.05 Å². The molecule has 0 N–H and O–H groups in total. The molecule has 1 aliphatic rings. The molecule has 24 heavy (non-hydrogen) atoms. The van der Waals surface area contributed by atoms with E-state index in [1.54, 1.807) is 24.2 Å². The Bertz CT molecular complexity index is 828. The van der Waals surface area contributed by atoms with Gasteiger partial charge in [-0.3, -0.25) is 9.59 Å². The summed E-state index contributed by atoms with van der Waals surface area (Å²) in [7, 11) is 1.69. The molecule has 0 bridgehead atoms. The highest BCUT2D eigenvalue weighted by molar-refractivity contribution is 5.94. The highest BCUT2D eigenvalue weighted by Gasteiger charge is 2.27. The first-order chi connectivity index (χ1) is 11.5. The topological polar surface area (TPSA) is 68.1 Å². The van der Waals surface area contributed by atoms with Gasteiger partial charge in [0.2, 0.25) is 0 Å². The molecular weight excluding hydrogens is 304 g/mol. The van der Waals surface area contributed by atoms with Crippen LogP contribution in [0.2, 0.25) is 0 Å². The van der Waals surface area contributed by atoms with Gasteiger partial charge in [0.05, 0.1) is 0 Å². The zero-order chi connectivity index (χ0) is 17.3. The summed E-state index contributed by atoms with van der Waals surface area (Å²) in [6.07, 6.45) is 3.66.